The van der Waals surface area contributed by atoms with Gasteiger partial charge in [0, 0.05) is 11.5 Å². The van der Waals surface area contributed by atoms with Gasteiger partial charge in [0.2, 0.25) is 0 Å². The molecule has 162 valence electrons. The lowest BCUT2D eigenvalue weighted by Gasteiger charge is -2.24. The number of aryl methyl sites for hydroxylation is 1. The van der Waals surface area contributed by atoms with E-state index in [9.17, 15) is 14.4 Å². The minimum Gasteiger partial charge on any atom is -0.404 e. The van der Waals surface area contributed by atoms with Gasteiger partial charge in [-0.3, -0.25) is 9.79 Å². The van der Waals surface area contributed by atoms with Crippen LogP contribution in [0.15, 0.2) is 97.1 Å². The molecule has 0 fully saturated rings. The minimum atomic E-state index is -4.75. The van der Waals surface area contributed by atoms with E-state index in [1.807, 2.05) is 105 Å². The van der Waals surface area contributed by atoms with Crippen molar-refractivity contribution in [1.82, 2.24) is 0 Å². The van der Waals surface area contributed by atoms with E-state index in [0.717, 1.165) is 38.9 Å². The first-order valence-electron chi connectivity index (χ1n) is 10.4. The third kappa shape index (κ3) is 4.84. The predicted octanol–water partition coefficient (Wildman–Crippen LogP) is 6.95. The molecule has 0 heterocycles. The zero-order chi connectivity index (χ0) is 22.7. The van der Waals surface area contributed by atoms with Gasteiger partial charge in [0.25, 0.3) is 0 Å². The van der Waals surface area contributed by atoms with Gasteiger partial charge < -0.3 is 4.52 Å². The van der Waals surface area contributed by atoms with Crippen LogP contribution in [0.4, 0.5) is 0 Å². The fourth-order valence-corrected chi connectivity index (χ4v) is 4.45. The SMILES string of the molecule is Cc1ccc(-c2c(-c3ccccc3)ccc(OP(=O)(O)O)c2C(C)c2ccccc2)cc1. The number of phosphoric acid groups is 1. The first kappa shape index (κ1) is 22.0. The van der Waals surface area contributed by atoms with Gasteiger partial charge in [-0.25, -0.2) is 4.57 Å². The van der Waals surface area contributed by atoms with E-state index in [-0.39, 0.29) is 11.7 Å². The topological polar surface area (TPSA) is 66.8 Å². The minimum absolute atomic E-state index is 0.169. The summed E-state index contributed by atoms with van der Waals surface area (Å²) < 4.78 is 17.1. The second kappa shape index (κ2) is 9.13. The standard InChI is InChI=1S/C27H25O4P/c1-19-13-15-23(16-14-19)27-24(22-11-7-4-8-12-22)17-18-25(31-32(28,29)30)26(27)20(2)21-9-5-3-6-10-21/h3-18,20H,1-2H3,(H2,28,29,30). The molecule has 0 spiro atoms. The molecule has 4 aromatic rings. The fraction of sp³-hybridized carbons (Fsp3) is 0.111. The third-order valence-corrected chi connectivity index (χ3v) is 6.01. The molecule has 0 saturated heterocycles. The van der Waals surface area contributed by atoms with Crippen LogP contribution in [0.2, 0.25) is 0 Å². The highest BCUT2D eigenvalue weighted by Crippen LogP contribution is 2.49. The average Bonchev–Trinajstić information content (AvgIpc) is 2.79. The van der Waals surface area contributed by atoms with Crippen molar-refractivity contribution in [3.63, 3.8) is 0 Å². The lowest BCUT2D eigenvalue weighted by atomic mass is 9.82. The number of hydrogen-bond acceptors (Lipinski definition) is 2. The highest BCUT2D eigenvalue weighted by molar-refractivity contribution is 7.46. The van der Waals surface area contributed by atoms with Gasteiger partial charge in [0.15, 0.2) is 0 Å². The summed E-state index contributed by atoms with van der Waals surface area (Å²) >= 11 is 0. The largest absolute Gasteiger partial charge is 0.524 e. The summed E-state index contributed by atoms with van der Waals surface area (Å²) in [5.41, 5.74) is 6.76. The Hall–Kier alpha value is -3.17. The van der Waals surface area contributed by atoms with Gasteiger partial charge in [0.1, 0.15) is 5.75 Å². The van der Waals surface area contributed by atoms with Crippen LogP contribution >= 0.6 is 7.82 Å². The van der Waals surface area contributed by atoms with Gasteiger partial charge in [0.05, 0.1) is 0 Å². The quantitative estimate of drug-likeness (QED) is 0.316. The maximum absolute atomic E-state index is 11.8. The molecular weight excluding hydrogens is 419 g/mol. The summed E-state index contributed by atoms with van der Waals surface area (Å²) in [5, 5.41) is 0. The smallest absolute Gasteiger partial charge is 0.404 e. The van der Waals surface area contributed by atoms with Crippen molar-refractivity contribution in [3.05, 3.63) is 114 Å². The van der Waals surface area contributed by atoms with Crippen molar-refractivity contribution in [1.29, 1.82) is 0 Å². The maximum Gasteiger partial charge on any atom is 0.524 e. The van der Waals surface area contributed by atoms with Crippen LogP contribution in [-0.4, -0.2) is 9.79 Å². The van der Waals surface area contributed by atoms with Crippen LogP contribution in [0.5, 0.6) is 5.75 Å². The molecule has 0 saturated carbocycles. The molecule has 4 aromatic carbocycles. The fourth-order valence-electron chi connectivity index (χ4n) is 4.04. The van der Waals surface area contributed by atoms with Crippen LogP contribution in [0.3, 0.4) is 0 Å². The van der Waals surface area contributed by atoms with Crippen molar-refractivity contribution >= 4 is 7.82 Å². The molecule has 32 heavy (non-hydrogen) atoms. The highest BCUT2D eigenvalue weighted by Gasteiger charge is 2.26. The molecule has 1 unspecified atom stereocenters. The third-order valence-electron chi connectivity index (χ3n) is 5.58. The Labute approximate surface area is 188 Å². The second-order valence-corrected chi connectivity index (χ2v) is 9.01. The van der Waals surface area contributed by atoms with Gasteiger partial charge in [-0.05, 0) is 40.8 Å². The summed E-state index contributed by atoms with van der Waals surface area (Å²) in [6.45, 7) is 4.06. The number of benzene rings is 4. The molecule has 5 heteroatoms. The molecule has 4 nitrogen and oxygen atoms in total. The number of rotatable bonds is 6. The van der Waals surface area contributed by atoms with Gasteiger partial charge in [-0.1, -0.05) is 103 Å². The van der Waals surface area contributed by atoms with E-state index < -0.39 is 7.82 Å². The Kier molecular flexibility index (Phi) is 6.29. The molecule has 0 bridgehead atoms. The van der Waals surface area contributed by atoms with Crippen LogP contribution in [0, 0.1) is 6.92 Å². The first-order chi connectivity index (χ1) is 15.3. The molecule has 0 aromatic heterocycles. The van der Waals surface area contributed by atoms with E-state index in [0.29, 0.717) is 0 Å². The van der Waals surface area contributed by atoms with Gasteiger partial charge in [-0.15, -0.1) is 0 Å². The number of hydrogen-bond donors (Lipinski definition) is 2. The van der Waals surface area contributed by atoms with Crippen LogP contribution in [0.1, 0.15) is 29.5 Å². The Bertz CT molecular complexity index is 1250. The molecule has 4 rings (SSSR count). The van der Waals surface area contributed by atoms with Crippen molar-refractivity contribution in [2.45, 2.75) is 19.8 Å². The average molecular weight is 444 g/mol. The summed E-state index contributed by atoms with van der Waals surface area (Å²) in [4.78, 5) is 19.2. The monoisotopic (exact) mass is 444 g/mol. The second-order valence-electron chi connectivity index (χ2n) is 7.85. The van der Waals surface area contributed by atoms with Crippen molar-refractivity contribution in [2.75, 3.05) is 0 Å². The van der Waals surface area contributed by atoms with E-state index in [1.165, 1.54) is 0 Å². The maximum atomic E-state index is 11.8. The molecular formula is C27H25O4P. The zero-order valence-electron chi connectivity index (χ0n) is 18.0. The molecule has 0 aliphatic heterocycles. The summed E-state index contributed by atoms with van der Waals surface area (Å²) in [5.74, 6) is 0.0163. The predicted molar refractivity (Wildman–Crippen MR) is 129 cm³/mol. The molecule has 0 aliphatic carbocycles. The Balaban J connectivity index is 2.06. The molecule has 2 N–H and O–H groups in total. The molecule has 0 aliphatic rings. The van der Waals surface area contributed by atoms with Gasteiger partial charge >= 0.3 is 7.82 Å². The zero-order valence-corrected chi connectivity index (χ0v) is 18.9. The van der Waals surface area contributed by atoms with E-state index in [1.54, 1.807) is 6.07 Å². The summed E-state index contributed by atoms with van der Waals surface area (Å²) in [7, 11) is -4.75. The van der Waals surface area contributed by atoms with Gasteiger partial charge in [-0.2, -0.15) is 0 Å². The molecule has 1 atom stereocenters. The van der Waals surface area contributed by atoms with E-state index >= 15 is 0 Å². The van der Waals surface area contributed by atoms with Crippen molar-refractivity contribution in [2.24, 2.45) is 0 Å². The van der Waals surface area contributed by atoms with E-state index in [2.05, 4.69) is 0 Å². The van der Waals surface area contributed by atoms with Crippen LogP contribution < -0.4 is 4.52 Å². The summed E-state index contributed by atoms with van der Waals surface area (Å²) in [6, 6.07) is 31.6. The van der Waals surface area contributed by atoms with Crippen LogP contribution in [0.25, 0.3) is 22.3 Å². The highest BCUT2D eigenvalue weighted by atomic mass is 31.2. The van der Waals surface area contributed by atoms with Crippen molar-refractivity contribution < 1.29 is 18.9 Å². The Morgan fingerprint density at radius 1 is 0.750 bits per heavy atom. The normalized spacial score (nSPS) is 12.4. The number of phosphoric ester groups is 1. The Morgan fingerprint density at radius 2 is 1.34 bits per heavy atom. The molecule has 0 amide bonds. The van der Waals surface area contributed by atoms with Crippen LogP contribution in [-0.2, 0) is 4.57 Å². The molecule has 0 radical (unpaired) electrons. The van der Waals surface area contributed by atoms with E-state index in [4.69, 9.17) is 4.52 Å². The Morgan fingerprint density at radius 3 is 1.94 bits per heavy atom. The van der Waals surface area contributed by atoms with Crippen molar-refractivity contribution in [3.8, 4) is 28.0 Å². The first-order valence-corrected chi connectivity index (χ1v) is 12.0. The lowest BCUT2D eigenvalue weighted by Crippen LogP contribution is -2.05. The lowest BCUT2D eigenvalue weighted by molar-refractivity contribution is 0.282. The summed E-state index contributed by atoms with van der Waals surface area (Å²) in [6.07, 6.45) is 0.